The molecular formula is C22H21ClN6S. The summed E-state index contributed by atoms with van der Waals surface area (Å²) in [5.74, 6) is 7.61. The van der Waals surface area contributed by atoms with Crippen LogP contribution in [0.5, 0.6) is 0 Å². The van der Waals surface area contributed by atoms with Crippen LogP contribution in [0.1, 0.15) is 29.0 Å². The van der Waals surface area contributed by atoms with Crippen molar-refractivity contribution >= 4 is 40.4 Å². The molecule has 8 heteroatoms. The fourth-order valence-corrected chi connectivity index (χ4v) is 5.30. The van der Waals surface area contributed by atoms with Crippen LogP contribution in [0.4, 0.5) is 17.5 Å². The number of thiazole rings is 1. The lowest BCUT2D eigenvalue weighted by Gasteiger charge is -2.46. The van der Waals surface area contributed by atoms with E-state index in [0.29, 0.717) is 10.8 Å². The van der Waals surface area contributed by atoms with Crippen molar-refractivity contribution < 1.29 is 0 Å². The Morgan fingerprint density at radius 2 is 2.10 bits per heavy atom. The van der Waals surface area contributed by atoms with Crippen LogP contribution in [0.2, 0.25) is 5.02 Å². The summed E-state index contributed by atoms with van der Waals surface area (Å²) in [5.41, 5.74) is 9.31. The molecule has 1 aromatic carbocycles. The first-order valence-corrected chi connectivity index (χ1v) is 11.0. The summed E-state index contributed by atoms with van der Waals surface area (Å²) in [7, 11) is 2.14. The average molecular weight is 437 g/mol. The monoisotopic (exact) mass is 436 g/mol. The van der Waals surface area contributed by atoms with Crippen LogP contribution < -0.4 is 10.6 Å². The topological polar surface area (TPSA) is 71.2 Å². The summed E-state index contributed by atoms with van der Waals surface area (Å²) in [6.45, 7) is 4.89. The van der Waals surface area contributed by atoms with Crippen LogP contribution in [0, 0.1) is 11.8 Å². The number of anilines is 3. The molecule has 5 rings (SSSR count). The first-order valence-electron chi connectivity index (χ1n) is 9.75. The van der Waals surface area contributed by atoms with E-state index < -0.39 is 0 Å². The van der Waals surface area contributed by atoms with Gasteiger partial charge in [0.1, 0.15) is 10.0 Å². The smallest absolute Gasteiger partial charge is 0.222 e. The van der Waals surface area contributed by atoms with E-state index in [1.807, 2.05) is 11.6 Å². The highest BCUT2D eigenvalue weighted by Gasteiger charge is 2.50. The average Bonchev–Trinajstić information content (AvgIpc) is 3.35. The molecule has 0 radical (unpaired) electrons. The molecule has 1 atom stereocenters. The predicted molar refractivity (Wildman–Crippen MR) is 121 cm³/mol. The van der Waals surface area contributed by atoms with Crippen LogP contribution in [-0.4, -0.2) is 46.5 Å². The number of benzene rings is 1. The largest absolute Gasteiger partial charge is 0.368 e. The Labute approximate surface area is 184 Å². The van der Waals surface area contributed by atoms with Crippen LogP contribution in [0.25, 0.3) is 0 Å². The third-order valence-corrected chi connectivity index (χ3v) is 6.95. The van der Waals surface area contributed by atoms with Gasteiger partial charge in [-0.05, 0) is 31.7 Å². The molecule has 152 valence electrons. The van der Waals surface area contributed by atoms with Gasteiger partial charge in [-0.2, -0.15) is 4.98 Å². The van der Waals surface area contributed by atoms with Crippen molar-refractivity contribution in [1.29, 1.82) is 0 Å². The number of nitrogen functional groups attached to an aromatic ring is 1. The van der Waals surface area contributed by atoms with Gasteiger partial charge in [-0.1, -0.05) is 29.5 Å². The van der Waals surface area contributed by atoms with E-state index in [4.69, 9.17) is 17.3 Å². The van der Waals surface area contributed by atoms with Crippen molar-refractivity contribution in [2.24, 2.45) is 0 Å². The molecule has 0 aliphatic carbocycles. The molecule has 30 heavy (non-hydrogen) atoms. The second-order valence-corrected chi connectivity index (χ2v) is 9.37. The van der Waals surface area contributed by atoms with Crippen molar-refractivity contribution in [1.82, 2.24) is 19.9 Å². The van der Waals surface area contributed by atoms with E-state index in [2.05, 4.69) is 68.8 Å². The molecule has 6 nitrogen and oxygen atoms in total. The van der Waals surface area contributed by atoms with Gasteiger partial charge in [0.05, 0.1) is 12.1 Å². The van der Waals surface area contributed by atoms with Crippen molar-refractivity contribution in [2.75, 3.05) is 37.3 Å². The molecular weight excluding hydrogens is 416 g/mol. The Hall–Kier alpha value is -2.66. The van der Waals surface area contributed by atoms with Crippen molar-refractivity contribution in [3.05, 3.63) is 57.1 Å². The quantitative estimate of drug-likeness (QED) is 0.618. The molecule has 1 saturated heterocycles. The first kappa shape index (κ1) is 19.3. The number of hydrogen-bond acceptors (Lipinski definition) is 7. The van der Waals surface area contributed by atoms with E-state index in [9.17, 15) is 0 Å². The minimum Gasteiger partial charge on any atom is -0.368 e. The zero-order valence-corrected chi connectivity index (χ0v) is 18.3. The third-order valence-electron chi connectivity index (χ3n) is 5.72. The Kier molecular flexibility index (Phi) is 4.66. The van der Waals surface area contributed by atoms with E-state index in [-0.39, 0.29) is 17.3 Å². The summed E-state index contributed by atoms with van der Waals surface area (Å²) in [4.78, 5) is 17.3. The molecule has 0 amide bonds. The third kappa shape index (κ3) is 3.21. The molecule has 4 heterocycles. The van der Waals surface area contributed by atoms with E-state index >= 15 is 0 Å². The molecule has 2 aliphatic heterocycles. The van der Waals surface area contributed by atoms with Gasteiger partial charge >= 0.3 is 0 Å². The lowest BCUT2D eigenvalue weighted by Crippen LogP contribution is -2.59. The van der Waals surface area contributed by atoms with Crippen molar-refractivity contribution in [3.63, 3.8) is 0 Å². The summed E-state index contributed by atoms with van der Waals surface area (Å²) >= 11 is 8.09. The van der Waals surface area contributed by atoms with Crippen LogP contribution in [0.3, 0.4) is 0 Å². The van der Waals surface area contributed by atoms with Gasteiger partial charge in [0.2, 0.25) is 5.95 Å². The number of likely N-dealkylation sites (tertiary alicyclic amines) is 1. The van der Waals surface area contributed by atoms with E-state index in [0.717, 1.165) is 35.9 Å². The zero-order chi connectivity index (χ0) is 20.9. The molecule has 0 bridgehead atoms. The molecule has 1 unspecified atom stereocenters. The van der Waals surface area contributed by atoms with Crippen molar-refractivity contribution in [3.8, 4) is 11.8 Å². The van der Waals surface area contributed by atoms with Gasteiger partial charge < -0.3 is 15.5 Å². The van der Waals surface area contributed by atoms with Crippen LogP contribution in [0.15, 0.2) is 36.0 Å². The zero-order valence-electron chi connectivity index (χ0n) is 16.8. The van der Waals surface area contributed by atoms with E-state index in [1.165, 1.54) is 5.56 Å². The highest BCUT2D eigenvalue weighted by atomic mass is 35.5. The molecule has 2 N–H and O–H groups in total. The maximum absolute atomic E-state index is 6.46. The van der Waals surface area contributed by atoms with Crippen LogP contribution >= 0.6 is 22.9 Å². The Morgan fingerprint density at radius 3 is 2.83 bits per heavy atom. The highest BCUT2D eigenvalue weighted by molar-refractivity contribution is 7.09. The number of halogens is 1. The molecule has 3 aromatic rings. The maximum atomic E-state index is 6.46. The standard InChI is InChI=1S/C22H21ClN6S/c1-14(20-25-7-8-30-20)3-4-15-5-6-16-18(9-15)29(13-22(16)11-28(2)12-22)19-17(23)10-26-21(24)27-19/h5-10,14H,11-13H2,1-2H3,(H2,24,26,27). The number of rotatable bonds is 2. The Morgan fingerprint density at radius 1 is 1.27 bits per heavy atom. The first-order chi connectivity index (χ1) is 14.4. The lowest BCUT2D eigenvalue weighted by molar-refractivity contribution is 0.107. The summed E-state index contributed by atoms with van der Waals surface area (Å²) in [6, 6.07) is 6.46. The van der Waals surface area contributed by atoms with Gasteiger partial charge in [-0.3, -0.25) is 0 Å². The van der Waals surface area contributed by atoms with Crippen LogP contribution in [-0.2, 0) is 5.41 Å². The summed E-state index contributed by atoms with van der Waals surface area (Å²) in [6.07, 6.45) is 3.38. The fraction of sp³-hybridized carbons (Fsp3) is 0.318. The molecule has 2 aliphatic rings. The van der Waals surface area contributed by atoms with Gasteiger partial charge in [0.15, 0.2) is 5.82 Å². The number of hydrogen-bond donors (Lipinski definition) is 1. The fourth-order valence-electron chi connectivity index (χ4n) is 4.46. The minimum atomic E-state index is 0.0766. The maximum Gasteiger partial charge on any atom is 0.222 e. The van der Waals surface area contributed by atoms with Crippen molar-refractivity contribution in [2.45, 2.75) is 18.3 Å². The predicted octanol–water partition coefficient (Wildman–Crippen LogP) is 3.66. The summed E-state index contributed by atoms with van der Waals surface area (Å²) < 4.78 is 0. The number of aromatic nitrogens is 3. The summed E-state index contributed by atoms with van der Waals surface area (Å²) in [5, 5.41) is 3.51. The minimum absolute atomic E-state index is 0.0766. The normalized spacial score (nSPS) is 17.9. The van der Waals surface area contributed by atoms with Gasteiger partial charge in [-0.25, -0.2) is 9.97 Å². The highest BCUT2D eigenvalue weighted by Crippen LogP contribution is 2.49. The van der Waals surface area contributed by atoms with Gasteiger partial charge in [-0.15, -0.1) is 11.3 Å². The Balaban J connectivity index is 1.55. The second kappa shape index (κ2) is 7.24. The number of nitrogens with two attached hydrogens (primary N) is 1. The lowest BCUT2D eigenvalue weighted by atomic mass is 9.75. The van der Waals surface area contributed by atoms with Gasteiger partial charge in [0.25, 0.3) is 0 Å². The van der Waals surface area contributed by atoms with Gasteiger partial charge in [0, 0.05) is 47.9 Å². The second-order valence-electron chi connectivity index (χ2n) is 8.03. The Bertz CT molecular complexity index is 1160. The molecule has 1 spiro atoms. The number of nitrogens with zero attached hydrogens (tertiary/aromatic N) is 5. The SMILES string of the molecule is CC(C#Cc1ccc2c(c1)N(c1nc(N)ncc1Cl)CC21CN(C)C1)c1nccs1. The molecule has 2 aromatic heterocycles. The molecule has 0 saturated carbocycles. The number of likely N-dealkylation sites (N-methyl/N-ethyl adjacent to an activating group) is 1. The van der Waals surface area contributed by atoms with E-state index in [1.54, 1.807) is 17.5 Å². The molecule has 1 fully saturated rings. The number of fused-ring (bicyclic) bond motifs is 2.